The molecule has 3 nitrogen and oxygen atoms in total. The van der Waals surface area contributed by atoms with E-state index in [1.807, 2.05) is 0 Å². The molecule has 0 heterocycles. The zero-order chi connectivity index (χ0) is 10.2. The van der Waals surface area contributed by atoms with E-state index in [0.29, 0.717) is 6.42 Å². The van der Waals surface area contributed by atoms with Gasteiger partial charge in [-0.15, -0.1) is 0 Å². The third kappa shape index (κ3) is 10.8. The van der Waals surface area contributed by atoms with Gasteiger partial charge in [0, 0.05) is 0 Å². The molecule has 0 aromatic carbocycles. The van der Waals surface area contributed by atoms with Gasteiger partial charge in [0.25, 0.3) is 10.1 Å². The Hall–Kier alpha value is 0.710. The third-order valence-corrected chi connectivity index (χ3v) is 2.82. The number of unbranched alkanes of at least 4 members (excludes halogenated alkanes) is 5. The van der Waals surface area contributed by atoms with Gasteiger partial charge in [-0.25, -0.2) is 0 Å². The molecule has 0 saturated heterocycles. The van der Waals surface area contributed by atoms with Crippen molar-refractivity contribution in [2.45, 2.75) is 45.4 Å². The number of hydrogen-bond donors (Lipinski definition) is 0. The zero-order valence-electron chi connectivity index (χ0n) is 7.96. The molecular weight excluding hydrogens is 310 g/mol. The summed E-state index contributed by atoms with van der Waals surface area (Å²) in [6, 6.07) is 0. The molecule has 86 valence electrons. The van der Waals surface area contributed by atoms with E-state index in [1.54, 1.807) is 0 Å². The molecule has 6 heteroatoms. The van der Waals surface area contributed by atoms with Gasteiger partial charge in [0.05, 0.1) is 5.75 Å². The van der Waals surface area contributed by atoms with Gasteiger partial charge >= 0.3 is 25.8 Å². The van der Waals surface area contributed by atoms with Crippen molar-refractivity contribution in [2.24, 2.45) is 0 Å². The molecule has 0 amide bonds. The first-order chi connectivity index (χ1) is 6.12. The molecule has 0 rings (SSSR count). The van der Waals surface area contributed by atoms with Gasteiger partial charge < -0.3 is 0 Å². The molecule has 0 aliphatic rings. The summed E-state index contributed by atoms with van der Waals surface area (Å²) in [5, 5.41) is 0. The summed E-state index contributed by atoms with van der Waals surface area (Å²) in [5.41, 5.74) is 0. The number of hydrogen-bond acceptors (Lipinski definition) is 3. The van der Waals surface area contributed by atoms with Crippen LogP contribution in [-0.4, -0.2) is 40.0 Å². The standard InChI is InChI=1S/C8H17FO3S.In.3H/c1-2-3-4-5-6-7-8-13(10,11)12-9;;;;/h2-8H2,1H3;;;;. The Morgan fingerprint density at radius 2 is 1.57 bits per heavy atom. The van der Waals surface area contributed by atoms with Crippen molar-refractivity contribution in [2.75, 3.05) is 5.75 Å². The Morgan fingerprint density at radius 3 is 2.07 bits per heavy atom. The second-order valence-corrected chi connectivity index (χ2v) is 4.74. The van der Waals surface area contributed by atoms with E-state index >= 15 is 0 Å². The van der Waals surface area contributed by atoms with Crippen molar-refractivity contribution >= 4 is 36.0 Å². The summed E-state index contributed by atoms with van der Waals surface area (Å²) in [6.45, 7) is 2.11. The molecule has 0 bridgehead atoms. The Morgan fingerprint density at radius 1 is 1.07 bits per heavy atom. The van der Waals surface area contributed by atoms with Crippen molar-refractivity contribution in [3.8, 4) is 0 Å². The Labute approximate surface area is 104 Å². The normalized spacial score (nSPS) is 11.0. The summed E-state index contributed by atoms with van der Waals surface area (Å²) in [5.74, 6) is -0.213. The zero-order valence-corrected chi connectivity index (χ0v) is 8.78. The molecule has 0 aliphatic carbocycles. The molecule has 0 radical (unpaired) electrons. The fourth-order valence-corrected chi connectivity index (χ4v) is 1.71. The van der Waals surface area contributed by atoms with Crippen LogP contribution in [0.3, 0.4) is 0 Å². The summed E-state index contributed by atoms with van der Waals surface area (Å²) in [4.78, 5) is 0. The molecule has 0 fully saturated rings. The summed E-state index contributed by atoms with van der Waals surface area (Å²) < 4.78 is 35.1. The molecule has 14 heavy (non-hydrogen) atoms. The summed E-state index contributed by atoms with van der Waals surface area (Å²) in [6.07, 6.45) is 5.76. The molecule has 0 spiro atoms. The molecule has 0 atom stereocenters. The van der Waals surface area contributed by atoms with Crippen molar-refractivity contribution < 1.29 is 17.3 Å². The topological polar surface area (TPSA) is 43.4 Å². The van der Waals surface area contributed by atoms with Gasteiger partial charge in [0.15, 0.2) is 0 Å². The second-order valence-electron chi connectivity index (χ2n) is 3.09. The second kappa shape index (κ2) is 10.2. The van der Waals surface area contributed by atoms with Crippen LogP contribution in [0.15, 0.2) is 0 Å². The Kier molecular flexibility index (Phi) is 12.5. The van der Waals surface area contributed by atoms with Gasteiger partial charge in [-0.3, -0.25) is 0 Å². The Balaban J connectivity index is 0. The monoisotopic (exact) mass is 330 g/mol. The van der Waals surface area contributed by atoms with Gasteiger partial charge in [-0.05, 0) is 10.9 Å². The van der Waals surface area contributed by atoms with E-state index in [0.717, 1.165) is 25.7 Å². The minimum atomic E-state index is -3.88. The third-order valence-electron chi connectivity index (χ3n) is 1.84. The van der Waals surface area contributed by atoms with E-state index in [-0.39, 0.29) is 31.6 Å². The van der Waals surface area contributed by atoms with Crippen LogP contribution in [0.2, 0.25) is 0 Å². The fraction of sp³-hybridized carbons (Fsp3) is 1.00. The van der Waals surface area contributed by atoms with E-state index in [9.17, 15) is 12.9 Å². The number of halogens is 1. The van der Waals surface area contributed by atoms with Crippen LogP contribution in [0.1, 0.15) is 45.4 Å². The van der Waals surface area contributed by atoms with Crippen LogP contribution in [0.4, 0.5) is 4.53 Å². The maximum atomic E-state index is 11.3. The van der Waals surface area contributed by atoms with Crippen molar-refractivity contribution in [1.29, 1.82) is 0 Å². The van der Waals surface area contributed by atoms with E-state index in [4.69, 9.17) is 0 Å². The quantitative estimate of drug-likeness (QED) is 0.632. The molecule has 0 aliphatic heterocycles. The molecule has 0 unspecified atom stereocenters. The van der Waals surface area contributed by atoms with Crippen LogP contribution in [0.5, 0.6) is 0 Å². The first-order valence-corrected chi connectivity index (χ1v) is 6.23. The average molecular weight is 330 g/mol. The van der Waals surface area contributed by atoms with Gasteiger partial charge in [-0.1, -0.05) is 43.4 Å². The van der Waals surface area contributed by atoms with Gasteiger partial charge in [0.2, 0.25) is 0 Å². The van der Waals surface area contributed by atoms with Crippen molar-refractivity contribution in [1.82, 2.24) is 0 Å². The molecule has 0 aromatic heterocycles. The minimum absolute atomic E-state index is 0. The molecule has 0 aromatic rings. The first kappa shape index (κ1) is 17.1. The number of rotatable bonds is 8. The van der Waals surface area contributed by atoms with Crippen molar-refractivity contribution in [3.05, 3.63) is 0 Å². The van der Waals surface area contributed by atoms with Crippen molar-refractivity contribution in [3.63, 3.8) is 0 Å². The summed E-state index contributed by atoms with van der Waals surface area (Å²) in [7, 11) is -3.88. The van der Waals surface area contributed by atoms with Crippen LogP contribution >= 0.6 is 0 Å². The van der Waals surface area contributed by atoms with E-state index in [1.165, 1.54) is 6.42 Å². The predicted molar refractivity (Wildman–Crippen MR) is 59.3 cm³/mol. The van der Waals surface area contributed by atoms with Crippen LogP contribution in [0, 0.1) is 0 Å². The SMILES string of the molecule is CCCCCCCCS(=O)(=O)OF.[InH3]. The van der Waals surface area contributed by atoms with E-state index in [2.05, 4.69) is 11.3 Å². The van der Waals surface area contributed by atoms with Gasteiger partial charge in [0.1, 0.15) is 0 Å². The van der Waals surface area contributed by atoms with E-state index < -0.39 is 10.1 Å². The van der Waals surface area contributed by atoms with Crippen LogP contribution in [0.25, 0.3) is 0 Å². The predicted octanol–water partition coefficient (Wildman–Crippen LogP) is 1.39. The molecule has 0 saturated carbocycles. The van der Waals surface area contributed by atoms with Gasteiger partial charge in [-0.2, -0.15) is 8.42 Å². The maximum absolute atomic E-state index is 11.3. The molecule has 0 N–H and O–H groups in total. The van der Waals surface area contributed by atoms with Crippen LogP contribution < -0.4 is 0 Å². The average Bonchev–Trinajstić information content (AvgIpc) is 2.11. The fourth-order valence-electron chi connectivity index (χ4n) is 1.09. The summed E-state index contributed by atoms with van der Waals surface area (Å²) >= 11 is 0. The Bertz CT molecular complexity index is 207. The first-order valence-electron chi connectivity index (χ1n) is 4.65. The van der Waals surface area contributed by atoms with Crippen LogP contribution in [-0.2, 0) is 14.5 Å². The molecular formula is C8H20FInO3S.